The van der Waals surface area contributed by atoms with Crippen molar-refractivity contribution in [2.75, 3.05) is 6.61 Å². The number of hydrogen-bond donors (Lipinski definition) is 1. The van der Waals surface area contributed by atoms with Gasteiger partial charge in [0.1, 0.15) is 11.2 Å². The maximum absolute atomic E-state index is 11.7. The van der Waals surface area contributed by atoms with Crippen LogP contribution in [0.4, 0.5) is 0 Å². The van der Waals surface area contributed by atoms with Crippen molar-refractivity contribution in [3.63, 3.8) is 0 Å². The van der Waals surface area contributed by atoms with Crippen molar-refractivity contribution in [2.45, 2.75) is 26.8 Å². The van der Waals surface area contributed by atoms with Gasteiger partial charge in [0.2, 0.25) is 5.88 Å². The first-order chi connectivity index (χ1) is 9.08. The molecule has 0 aliphatic heterocycles. The molecule has 2 heterocycles. The maximum atomic E-state index is 11.7. The summed E-state index contributed by atoms with van der Waals surface area (Å²) in [5.41, 5.74) is 0. The number of amides is 1. The van der Waals surface area contributed by atoms with Crippen LogP contribution in [0.2, 0.25) is 0 Å². The standard InChI is InChI=1S/C13H17N3O2S/c1-8(2)9(3)16-11(17)6-18-12-10-4-5-19-13(10)15-7-14-12/h4-5,7-9H,6H2,1-3H3,(H,16,17)/t9-/m1/s1. The molecule has 2 aromatic heterocycles. The number of nitrogens with zero attached hydrogens (tertiary/aromatic N) is 2. The van der Waals surface area contributed by atoms with E-state index >= 15 is 0 Å². The van der Waals surface area contributed by atoms with Crippen molar-refractivity contribution in [3.8, 4) is 5.88 Å². The van der Waals surface area contributed by atoms with Gasteiger partial charge in [-0.2, -0.15) is 0 Å². The molecule has 0 unspecified atom stereocenters. The van der Waals surface area contributed by atoms with E-state index in [0.29, 0.717) is 11.8 Å². The van der Waals surface area contributed by atoms with Crippen molar-refractivity contribution in [1.29, 1.82) is 0 Å². The molecule has 2 aromatic rings. The van der Waals surface area contributed by atoms with E-state index in [-0.39, 0.29) is 18.6 Å². The minimum atomic E-state index is -0.136. The van der Waals surface area contributed by atoms with E-state index in [0.717, 1.165) is 10.2 Å². The van der Waals surface area contributed by atoms with Crippen molar-refractivity contribution in [1.82, 2.24) is 15.3 Å². The fraction of sp³-hybridized carbons (Fsp3) is 0.462. The number of ether oxygens (including phenoxy) is 1. The summed E-state index contributed by atoms with van der Waals surface area (Å²) in [5, 5.41) is 5.66. The lowest BCUT2D eigenvalue weighted by Gasteiger charge is -2.17. The Morgan fingerprint density at radius 1 is 1.42 bits per heavy atom. The van der Waals surface area contributed by atoms with Crippen molar-refractivity contribution in [2.24, 2.45) is 5.92 Å². The minimum absolute atomic E-state index is 0.0288. The summed E-state index contributed by atoms with van der Waals surface area (Å²) in [6, 6.07) is 2.02. The van der Waals surface area contributed by atoms with Gasteiger partial charge < -0.3 is 10.1 Å². The number of hydrogen-bond acceptors (Lipinski definition) is 5. The van der Waals surface area contributed by atoms with E-state index in [1.54, 1.807) is 0 Å². The smallest absolute Gasteiger partial charge is 0.258 e. The molecule has 102 valence electrons. The molecule has 0 aliphatic carbocycles. The Kier molecular flexibility index (Phi) is 4.31. The lowest BCUT2D eigenvalue weighted by atomic mass is 10.1. The van der Waals surface area contributed by atoms with Crippen LogP contribution in [0.1, 0.15) is 20.8 Å². The van der Waals surface area contributed by atoms with Gasteiger partial charge in [0.05, 0.1) is 5.39 Å². The number of thiophene rings is 1. The summed E-state index contributed by atoms with van der Waals surface area (Å²) in [6.07, 6.45) is 1.45. The molecule has 19 heavy (non-hydrogen) atoms. The fourth-order valence-electron chi connectivity index (χ4n) is 1.48. The zero-order valence-electron chi connectivity index (χ0n) is 11.2. The third kappa shape index (κ3) is 3.41. The molecule has 1 N–H and O–H groups in total. The molecule has 6 heteroatoms. The van der Waals surface area contributed by atoms with Crippen LogP contribution in [-0.4, -0.2) is 28.5 Å². The Morgan fingerprint density at radius 2 is 2.21 bits per heavy atom. The largest absolute Gasteiger partial charge is 0.467 e. The molecular formula is C13H17N3O2S. The highest BCUT2D eigenvalue weighted by atomic mass is 32.1. The Labute approximate surface area is 116 Å². The second-order valence-corrected chi connectivity index (χ2v) is 5.60. The summed E-state index contributed by atoms with van der Waals surface area (Å²) in [4.78, 5) is 20.8. The van der Waals surface area contributed by atoms with Crippen LogP contribution in [0.15, 0.2) is 17.8 Å². The van der Waals surface area contributed by atoms with Gasteiger partial charge in [0, 0.05) is 6.04 Å². The second kappa shape index (κ2) is 5.97. The molecule has 0 bridgehead atoms. The van der Waals surface area contributed by atoms with Crippen LogP contribution >= 0.6 is 11.3 Å². The Bertz CT molecular complexity index is 568. The number of carbonyl (C=O) groups is 1. The van der Waals surface area contributed by atoms with E-state index in [4.69, 9.17) is 4.74 Å². The molecule has 0 spiro atoms. The van der Waals surface area contributed by atoms with E-state index in [1.165, 1.54) is 17.7 Å². The molecule has 1 amide bonds. The van der Waals surface area contributed by atoms with Gasteiger partial charge in [0.15, 0.2) is 6.61 Å². The normalized spacial score (nSPS) is 12.6. The summed E-state index contributed by atoms with van der Waals surface area (Å²) in [5.74, 6) is 0.716. The van der Waals surface area contributed by atoms with Gasteiger partial charge in [0.25, 0.3) is 5.91 Å². The highest BCUT2D eigenvalue weighted by molar-refractivity contribution is 7.16. The third-order valence-electron chi connectivity index (χ3n) is 2.95. The lowest BCUT2D eigenvalue weighted by molar-refractivity contribution is -0.124. The van der Waals surface area contributed by atoms with Crippen LogP contribution in [0.25, 0.3) is 10.2 Å². The van der Waals surface area contributed by atoms with Gasteiger partial charge in [-0.15, -0.1) is 11.3 Å². The zero-order valence-corrected chi connectivity index (χ0v) is 12.0. The lowest BCUT2D eigenvalue weighted by Crippen LogP contribution is -2.39. The predicted molar refractivity (Wildman–Crippen MR) is 75.4 cm³/mol. The molecular weight excluding hydrogens is 262 g/mol. The van der Waals surface area contributed by atoms with Gasteiger partial charge in [-0.1, -0.05) is 13.8 Å². The number of fused-ring (bicyclic) bond motifs is 1. The zero-order chi connectivity index (χ0) is 13.8. The number of aromatic nitrogens is 2. The van der Waals surface area contributed by atoms with Gasteiger partial charge in [-0.05, 0) is 24.3 Å². The third-order valence-corrected chi connectivity index (χ3v) is 3.77. The first-order valence-electron chi connectivity index (χ1n) is 6.18. The fourth-order valence-corrected chi connectivity index (χ4v) is 2.20. The number of rotatable bonds is 5. The Balaban J connectivity index is 1.95. The van der Waals surface area contributed by atoms with Crippen LogP contribution in [0, 0.1) is 5.92 Å². The van der Waals surface area contributed by atoms with Gasteiger partial charge in [-0.25, -0.2) is 9.97 Å². The van der Waals surface area contributed by atoms with E-state index in [1.807, 2.05) is 18.4 Å². The van der Waals surface area contributed by atoms with Gasteiger partial charge >= 0.3 is 0 Å². The summed E-state index contributed by atoms with van der Waals surface area (Å²) >= 11 is 1.52. The molecule has 0 aliphatic rings. The molecule has 0 aromatic carbocycles. The quantitative estimate of drug-likeness (QED) is 0.911. The highest BCUT2D eigenvalue weighted by Crippen LogP contribution is 2.25. The first kappa shape index (κ1) is 13.7. The minimum Gasteiger partial charge on any atom is -0.467 e. The molecule has 5 nitrogen and oxygen atoms in total. The average Bonchev–Trinajstić information content (AvgIpc) is 2.84. The molecule has 0 radical (unpaired) electrons. The number of carbonyl (C=O) groups excluding carboxylic acids is 1. The molecule has 0 saturated carbocycles. The summed E-state index contributed by atoms with van der Waals surface area (Å²) < 4.78 is 5.46. The second-order valence-electron chi connectivity index (χ2n) is 4.71. The monoisotopic (exact) mass is 279 g/mol. The van der Waals surface area contributed by atoms with Crippen molar-refractivity contribution < 1.29 is 9.53 Å². The number of nitrogens with one attached hydrogen (secondary N) is 1. The average molecular weight is 279 g/mol. The van der Waals surface area contributed by atoms with Crippen LogP contribution in [0.3, 0.4) is 0 Å². The summed E-state index contributed by atoms with van der Waals surface area (Å²) in [6.45, 7) is 6.07. The van der Waals surface area contributed by atoms with E-state index < -0.39 is 0 Å². The maximum Gasteiger partial charge on any atom is 0.258 e. The molecule has 0 saturated heterocycles. The van der Waals surface area contributed by atoms with Gasteiger partial charge in [-0.3, -0.25) is 4.79 Å². The van der Waals surface area contributed by atoms with E-state index in [9.17, 15) is 4.79 Å². The van der Waals surface area contributed by atoms with Crippen molar-refractivity contribution in [3.05, 3.63) is 17.8 Å². The van der Waals surface area contributed by atoms with Crippen LogP contribution < -0.4 is 10.1 Å². The highest BCUT2D eigenvalue weighted by Gasteiger charge is 2.12. The predicted octanol–water partition coefficient (Wildman–Crippen LogP) is 2.23. The van der Waals surface area contributed by atoms with Crippen LogP contribution in [-0.2, 0) is 4.79 Å². The Morgan fingerprint density at radius 3 is 2.95 bits per heavy atom. The van der Waals surface area contributed by atoms with E-state index in [2.05, 4.69) is 29.1 Å². The SMILES string of the molecule is CC(C)[C@@H](C)NC(=O)COc1ncnc2sccc12. The van der Waals surface area contributed by atoms with Crippen LogP contribution in [0.5, 0.6) is 5.88 Å². The first-order valence-corrected chi connectivity index (χ1v) is 7.06. The Hall–Kier alpha value is -1.69. The molecule has 1 atom stereocenters. The topological polar surface area (TPSA) is 64.1 Å². The van der Waals surface area contributed by atoms with Crippen molar-refractivity contribution >= 4 is 27.5 Å². The molecule has 0 fully saturated rings. The molecule has 2 rings (SSSR count). The summed E-state index contributed by atoms with van der Waals surface area (Å²) in [7, 11) is 0.